The summed E-state index contributed by atoms with van der Waals surface area (Å²) in [5, 5.41) is 0. The maximum Gasteiger partial charge on any atom is 0.187 e. The summed E-state index contributed by atoms with van der Waals surface area (Å²) < 4.78 is 0. The van der Waals surface area contributed by atoms with Gasteiger partial charge in [0.25, 0.3) is 0 Å². The van der Waals surface area contributed by atoms with Gasteiger partial charge in [-0.25, -0.2) is 0 Å². The van der Waals surface area contributed by atoms with E-state index < -0.39 is 0 Å². The van der Waals surface area contributed by atoms with Gasteiger partial charge in [0.15, 0.2) is 17.4 Å². The molecule has 0 N–H and O–H groups in total. The summed E-state index contributed by atoms with van der Waals surface area (Å²) in [6.07, 6.45) is 5.60. The van der Waals surface area contributed by atoms with Crippen LogP contribution in [0.4, 0.5) is 0 Å². The Bertz CT molecular complexity index is 81.3. The van der Waals surface area contributed by atoms with Gasteiger partial charge in [-0.2, -0.15) is 0 Å². The van der Waals surface area contributed by atoms with Crippen molar-refractivity contribution in [3.8, 4) is 0 Å². The fourth-order valence-corrected chi connectivity index (χ4v) is 0.801. The number of hydrogen-bond acceptors (Lipinski definition) is 1. The molecular weight excluding hydrogens is 139 g/mol. The summed E-state index contributed by atoms with van der Waals surface area (Å²) in [6.45, 7) is 3.83. The van der Waals surface area contributed by atoms with Gasteiger partial charge < -0.3 is 4.79 Å². The molecule has 60 valence electrons. The highest BCUT2D eigenvalue weighted by Gasteiger charge is 1.91. The van der Waals surface area contributed by atoms with E-state index in [4.69, 9.17) is 0 Å². The molecule has 0 saturated carbocycles. The highest BCUT2D eigenvalue weighted by molar-refractivity contribution is 5.75. The predicted molar refractivity (Wildman–Crippen MR) is 49.4 cm³/mol. The Morgan fingerprint density at radius 2 is 1.80 bits per heavy atom. The molecule has 10 heavy (non-hydrogen) atoms. The fraction of sp³-hybridized carbons (Fsp3) is 0.875. The number of carbonyl (C=O) groups excluding carboxylic acids is 1. The zero-order chi connectivity index (χ0) is 7.11. The van der Waals surface area contributed by atoms with Crippen molar-refractivity contribution < 1.29 is 4.79 Å². The molecule has 0 unspecified atom stereocenters. The van der Waals surface area contributed by atoms with E-state index >= 15 is 0 Å². The minimum Gasteiger partial charge on any atom is -0.300 e. The van der Waals surface area contributed by atoms with Crippen molar-refractivity contribution in [2.75, 3.05) is 0 Å². The molecule has 0 aliphatic carbocycles. The maximum atomic E-state index is 10.4. The van der Waals surface area contributed by atoms with Crippen LogP contribution in [0.15, 0.2) is 0 Å². The van der Waals surface area contributed by atoms with E-state index in [9.17, 15) is 4.79 Å². The highest BCUT2D eigenvalue weighted by Crippen LogP contribution is 2.01. The van der Waals surface area contributed by atoms with E-state index in [0.717, 1.165) is 12.8 Å². The Kier molecular flexibility index (Phi) is 11.8. The number of hydrogen-bond donors (Lipinski definition) is 0. The van der Waals surface area contributed by atoms with Crippen molar-refractivity contribution in [3.63, 3.8) is 0 Å². The van der Waals surface area contributed by atoms with E-state index in [-0.39, 0.29) is 17.4 Å². The van der Waals surface area contributed by atoms with Crippen LogP contribution in [0.25, 0.3) is 0 Å². The van der Waals surface area contributed by atoms with Crippen LogP contribution in [0.5, 0.6) is 0 Å². The first-order valence-electron chi connectivity index (χ1n) is 3.76. The summed E-state index contributed by atoms with van der Waals surface area (Å²) in [5.74, 6) is 0.325. The third-order valence-electron chi connectivity index (χ3n) is 1.38. The standard InChI is InChI=1S/C8H16O.Al.3H/c1-3-4-5-6-7-8(2)9;;;;/h3-7H2,1-2H3;;;;. The topological polar surface area (TPSA) is 17.1 Å². The first-order chi connectivity index (χ1) is 4.27. The van der Waals surface area contributed by atoms with Crippen LogP contribution in [0, 0.1) is 0 Å². The van der Waals surface area contributed by atoms with E-state index in [2.05, 4.69) is 6.92 Å². The summed E-state index contributed by atoms with van der Waals surface area (Å²) in [4.78, 5) is 10.4. The smallest absolute Gasteiger partial charge is 0.187 e. The quantitative estimate of drug-likeness (QED) is 0.436. The van der Waals surface area contributed by atoms with Crippen LogP contribution in [0.1, 0.15) is 46.0 Å². The fourth-order valence-electron chi connectivity index (χ4n) is 0.801. The third kappa shape index (κ3) is 11.1. The SMILES string of the molecule is CCCCCCC(C)=O.[AlH3]. The maximum absolute atomic E-state index is 10.4. The zero-order valence-corrected chi connectivity index (χ0v) is 6.44. The molecule has 0 atom stereocenters. The Morgan fingerprint density at radius 3 is 2.20 bits per heavy atom. The van der Waals surface area contributed by atoms with Gasteiger partial charge >= 0.3 is 0 Å². The number of carbonyl (C=O) groups is 1. The first kappa shape index (κ1) is 12.8. The Balaban J connectivity index is 0. The minimum atomic E-state index is 0. The van der Waals surface area contributed by atoms with Crippen molar-refractivity contribution in [2.24, 2.45) is 0 Å². The molecule has 1 nitrogen and oxygen atoms in total. The Labute approximate surface area is 74.3 Å². The second-order valence-electron chi connectivity index (χ2n) is 2.51. The molecule has 0 saturated heterocycles. The van der Waals surface area contributed by atoms with Gasteiger partial charge in [-0.3, -0.25) is 0 Å². The van der Waals surface area contributed by atoms with Gasteiger partial charge in [-0.1, -0.05) is 26.2 Å². The van der Waals surface area contributed by atoms with Crippen LogP contribution in [-0.2, 0) is 4.79 Å². The first-order valence-corrected chi connectivity index (χ1v) is 3.76. The van der Waals surface area contributed by atoms with Gasteiger partial charge in [0.05, 0.1) is 0 Å². The number of rotatable bonds is 5. The molecule has 0 aliphatic rings. The number of ketones is 1. The monoisotopic (exact) mass is 158 g/mol. The van der Waals surface area contributed by atoms with Gasteiger partial charge in [0, 0.05) is 6.42 Å². The highest BCUT2D eigenvalue weighted by atomic mass is 27.0. The molecule has 0 amide bonds. The summed E-state index contributed by atoms with van der Waals surface area (Å²) in [5.41, 5.74) is 0. The zero-order valence-electron chi connectivity index (χ0n) is 6.44. The molecule has 0 aromatic heterocycles. The van der Waals surface area contributed by atoms with Gasteiger partial charge in [-0.15, -0.1) is 0 Å². The summed E-state index contributed by atoms with van der Waals surface area (Å²) in [7, 11) is 0. The van der Waals surface area contributed by atoms with E-state index in [1.807, 2.05) is 0 Å². The molecule has 0 aliphatic heterocycles. The Morgan fingerprint density at radius 1 is 1.20 bits per heavy atom. The lowest BCUT2D eigenvalue weighted by molar-refractivity contribution is -0.117. The van der Waals surface area contributed by atoms with Gasteiger partial charge in [-0.05, 0) is 13.3 Å². The minimum absolute atomic E-state index is 0. The number of unbranched alkanes of at least 4 members (excludes halogenated alkanes) is 3. The largest absolute Gasteiger partial charge is 0.300 e. The lowest BCUT2D eigenvalue weighted by Crippen LogP contribution is -1.88. The Hall–Kier alpha value is 0.202. The third-order valence-corrected chi connectivity index (χ3v) is 1.38. The molecule has 0 radical (unpaired) electrons. The van der Waals surface area contributed by atoms with Crippen LogP contribution < -0.4 is 0 Å². The molecule has 2 heteroatoms. The van der Waals surface area contributed by atoms with Gasteiger partial charge in [0.1, 0.15) is 5.78 Å². The van der Waals surface area contributed by atoms with Crippen molar-refractivity contribution in [1.29, 1.82) is 0 Å². The normalized spacial score (nSPS) is 8.60. The lowest BCUT2D eigenvalue weighted by atomic mass is 10.1. The molecule has 0 spiro atoms. The van der Waals surface area contributed by atoms with Crippen molar-refractivity contribution >= 4 is 23.1 Å². The van der Waals surface area contributed by atoms with Crippen LogP contribution in [0.2, 0.25) is 0 Å². The second kappa shape index (κ2) is 9.20. The average Bonchev–Trinajstić information content (AvgIpc) is 1.80. The van der Waals surface area contributed by atoms with Gasteiger partial charge in [0.2, 0.25) is 0 Å². The second-order valence-corrected chi connectivity index (χ2v) is 2.51. The molecule has 0 bridgehead atoms. The van der Waals surface area contributed by atoms with Crippen LogP contribution in [0.3, 0.4) is 0 Å². The van der Waals surface area contributed by atoms with Crippen molar-refractivity contribution in [2.45, 2.75) is 46.0 Å². The lowest BCUT2D eigenvalue weighted by Gasteiger charge is -1.93. The molecule has 0 fully saturated rings. The average molecular weight is 158 g/mol. The van der Waals surface area contributed by atoms with E-state index in [1.54, 1.807) is 6.92 Å². The van der Waals surface area contributed by atoms with Crippen LogP contribution >= 0.6 is 0 Å². The molecule has 0 aromatic rings. The summed E-state index contributed by atoms with van der Waals surface area (Å²) >= 11 is 0. The number of Topliss-reactive ketones (excluding diaryl/α,β-unsaturated/α-hetero) is 1. The predicted octanol–water partition coefficient (Wildman–Crippen LogP) is 1.36. The summed E-state index contributed by atoms with van der Waals surface area (Å²) in [6, 6.07) is 0. The molecule has 0 aromatic carbocycles. The molecule has 0 rings (SSSR count). The molecular formula is C8H19AlO. The van der Waals surface area contributed by atoms with E-state index in [1.165, 1.54) is 19.3 Å². The molecule has 0 heterocycles. The van der Waals surface area contributed by atoms with Crippen LogP contribution in [-0.4, -0.2) is 23.1 Å². The van der Waals surface area contributed by atoms with Crippen molar-refractivity contribution in [3.05, 3.63) is 0 Å². The van der Waals surface area contributed by atoms with E-state index in [0.29, 0.717) is 5.78 Å². The van der Waals surface area contributed by atoms with Crippen molar-refractivity contribution in [1.82, 2.24) is 0 Å².